The van der Waals surface area contributed by atoms with Gasteiger partial charge in [0, 0.05) is 25.7 Å². The summed E-state index contributed by atoms with van der Waals surface area (Å²) < 4.78 is 5.73. The van der Waals surface area contributed by atoms with Crippen molar-refractivity contribution in [2.45, 2.75) is 44.8 Å². The summed E-state index contributed by atoms with van der Waals surface area (Å²) >= 11 is 5.75. The molecule has 3 rings (SSSR count). The third-order valence-electron chi connectivity index (χ3n) is 4.81. The van der Waals surface area contributed by atoms with E-state index >= 15 is 0 Å². The quantitative estimate of drug-likeness (QED) is 0.768. The van der Waals surface area contributed by atoms with Crippen LogP contribution in [0.1, 0.15) is 32.6 Å². The minimum atomic E-state index is -0.766. The number of hydrogen-bond acceptors (Lipinski definition) is 6. The van der Waals surface area contributed by atoms with Crippen LogP contribution in [0.4, 0.5) is 4.79 Å². The molecule has 9 nitrogen and oxygen atoms in total. The molecule has 1 aliphatic carbocycles. The molecule has 0 radical (unpaired) electrons. The normalized spacial score (nSPS) is 23.3. The fourth-order valence-corrected chi connectivity index (χ4v) is 3.36. The Kier molecular flexibility index (Phi) is 6.10. The molecule has 0 unspecified atom stereocenters. The molecule has 4 amide bonds. The summed E-state index contributed by atoms with van der Waals surface area (Å²) in [6, 6.07) is -0.283. The summed E-state index contributed by atoms with van der Waals surface area (Å²) in [5.74, 6) is -1.39. The van der Waals surface area contributed by atoms with Crippen molar-refractivity contribution in [1.29, 1.82) is 0 Å². The number of hydrogen-bond donors (Lipinski definition) is 1. The smallest absolute Gasteiger partial charge is 0.324 e. The minimum Gasteiger partial charge on any atom is -0.460 e. The first-order valence-corrected chi connectivity index (χ1v) is 9.41. The van der Waals surface area contributed by atoms with E-state index in [9.17, 15) is 14.4 Å². The van der Waals surface area contributed by atoms with E-state index in [2.05, 4.69) is 15.3 Å². The van der Waals surface area contributed by atoms with E-state index in [4.69, 9.17) is 16.3 Å². The molecule has 0 spiro atoms. The van der Waals surface area contributed by atoms with Gasteiger partial charge in [-0.15, -0.1) is 0 Å². The lowest BCUT2D eigenvalue weighted by Crippen LogP contribution is -2.59. The first-order valence-electron chi connectivity index (χ1n) is 9.03. The van der Waals surface area contributed by atoms with Crippen molar-refractivity contribution < 1.29 is 19.1 Å². The number of urea groups is 1. The zero-order chi connectivity index (χ0) is 19.4. The first-order chi connectivity index (χ1) is 13.0. The van der Waals surface area contributed by atoms with Crippen LogP contribution < -0.4 is 10.1 Å². The average Bonchev–Trinajstić information content (AvgIpc) is 2.67. The molecular weight excluding hydrogens is 374 g/mol. The average molecular weight is 396 g/mol. The van der Waals surface area contributed by atoms with Gasteiger partial charge in [-0.2, -0.15) is 0 Å². The molecule has 146 valence electrons. The van der Waals surface area contributed by atoms with Gasteiger partial charge in [0.05, 0.1) is 17.4 Å². The summed E-state index contributed by atoms with van der Waals surface area (Å²) in [6.45, 7) is 2.85. The number of imide groups is 1. The zero-order valence-electron chi connectivity index (χ0n) is 15.1. The Morgan fingerprint density at radius 3 is 2.48 bits per heavy atom. The van der Waals surface area contributed by atoms with Gasteiger partial charge in [0.2, 0.25) is 0 Å². The van der Waals surface area contributed by atoms with E-state index in [0.29, 0.717) is 31.0 Å². The van der Waals surface area contributed by atoms with Gasteiger partial charge in [0.25, 0.3) is 0 Å². The molecule has 0 aromatic carbocycles. The van der Waals surface area contributed by atoms with Crippen LogP contribution in [0, 0.1) is 0 Å². The van der Waals surface area contributed by atoms with Gasteiger partial charge in [-0.25, -0.2) is 14.8 Å². The monoisotopic (exact) mass is 395 g/mol. The maximum atomic E-state index is 12.4. The first kappa shape index (κ1) is 19.3. The lowest BCUT2D eigenvalue weighted by atomic mass is 9.93. The maximum Gasteiger partial charge on any atom is 0.324 e. The SMILES string of the molecule is CCN1CCN(C(=O)NC2CCC(Oc3ncc(Cl)cn3)CC2)C(=O)C1=O. The molecule has 1 aliphatic heterocycles. The Balaban J connectivity index is 1.46. The van der Waals surface area contributed by atoms with Gasteiger partial charge in [-0.05, 0) is 32.6 Å². The molecule has 1 saturated carbocycles. The van der Waals surface area contributed by atoms with Gasteiger partial charge in [-0.1, -0.05) is 11.6 Å². The minimum absolute atomic E-state index is 0.0318. The van der Waals surface area contributed by atoms with Crippen LogP contribution in [0.2, 0.25) is 5.02 Å². The molecule has 2 fully saturated rings. The molecule has 1 N–H and O–H groups in total. The number of nitrogens with one attached hydrogen (secondary N) is 1. The maximum absolute atomic E-state index is 12.4. The third-order valence-corrected chi connectivity index (χ3v) is 5.00. The summed E-state index contributed by atoms with van der Waals surface area (Å²) in [5, 5.41) is 3.30. The second-order valence-electron chi connectivity index (χ2n) is 6.57. The Morgan fingerprint density at radius 2 is 1.85 bits per heavy atom. The predicted octanol–water partition coefficient (Wildman–Crippen LogP) is 1.22. The fourth-order valence-electron chi connectivity index (χ4n) is 3.26. The molecule has 1 aromatic heterocycles. The van der Waals surface area contributed by atoms with Gasteiger partial charge in [0.15, 0.2) is 0 Å². The highest BCUT2D eigenvalue weighted by atomic mass is 35.5. The highest BCUT2D eigenvalue weighted by Crippen LogP contribution is 2.22. The topological polar surface area (TPSA) is 105 Å². The van der Waals surface area contributed by atoms with Gasteiger partial charge >= 0.3 is 23.9 Å². The number of ether oxygens (including phenoxy) is 1. The number of carbonyl (C=O) groups is 3. The van der Waals surface area contributed by atoms with E-state index < -0.39 is 17.8 Å². The van der Waals surface area contributed by atoms with Crippen LogP contribution in [-0.4, -0.2) is 69.4 Å². The highest BCUT2D eigenvalue weighted by molar-refractivity contribution is 6.38. The van der Waals surface area contributed by atoms with Gasteiger partial charge in [-0.3, -0.25) is 14.5 Å². The number of rotatable bonds is 4. The summed E-state index contributed by atoms with van der Waals surface area (Å²) in [6.07, 6.45) is 5.80. The number of aromatic nitrogens is 2. The lowest BCUT2D eigenvalue weighted by molar-refractivity contribution is -0.153. The van der Waals surface area contributed by atoms with E-state index in [1.165, 1.54) is 17.3 Å². The number of halogens is 1. The van der Waals surface area contributed by atoms with Gasteiger partial charge in [0.1, 0.15) is 6.10 Å². The molecule has 1 aromatic rings. The number of nitrogens with zero attached hydrogens (tertiary/aromatic N) is 4. The molecule has 2 aliphatic rings. The zero-order valence-corrected chi connectivity index (χ0v) is 15.8. The Morgan fingerprint density at radius 1 is 1.19 bits per heavy atom. The second kappa shape index (κ2) is 8.51. The number of likely N-dealkylation sites (N-methyl/N-ethyl adjacent to an activating group) is 1. The number of piperazine rings is 1. The fraction of sp³-hybridized carbons (Fsp3) is 0.588. The van der Waals surface area contributed by atoms with E-state index in [-0.39, 0.29) is 24.7 Å². The van der Waals surface area contributed by atoms with Crippen molar-refractivity contribution in [3.8, 4) is 6.01 Å². The summed E-state index contributed by atoms with van der Waals surface area (Å²) in [4.78, 5) is 46.9. The van der Waals surface area contributed by atoms with Crippen molar-refractivity contribution in [2.75, 3.05) is 19.6 Å². The lowest BCUT2D eigenvalue weighted by Gasteiger charge is -2.34. The summed E-state index contributed by atoms with van der Waals surface area (Å²) in [5.41, 5.74) is 0. The van der Waals surface area contributed by atoms with Crippen LogP contribution in [0.5, 0.6) is 6.01 Å². The Bertz CT molecular complexity index is 706. The van der Waals surface area contributed by atoms with E-state index in [0.717, 1.165) is 17.7 Å². The van der Waals surface area contributed by atoms with Crippen LogP contribution in [-0.2, 0) is 9.59 Å². The third kappa shape index (κ3) is 4.65. The van der Waals surface area contributed by atoms with Crippen molar-refractivity contribution in [2.24, 2.45) is 0 Å². The molecule has 0 atom stereocenters. The molecule has 10 heteroatoms. The molecule has 1 saturated heterocycles. The van der Waals surface area contributed by atoms with Crippen LogP contribution >= 0.6 is 11.6 Å². The van der Waals surface area contributed by atoms with Crippen LogP contribution in [0.15, 0.2) is 12.4 Å². The number of carbonyl (C=O) groups excluding carboxylic acids is 3. The molecular formula is C17H22ClN5O4. The molecule has 27 heavy (non-hydrogen) atoms. The Labute approximate surface area is 162 Å². The van der Waals surface area contributed by atoms with Crippen LogP contribution in [0.3, 0.4) is 0 Å². The summed E-state index contributed by atoms with van der Waals surface area (Å²) in [7, 11) is 0. The molecule has 2 heterocycles. The largest absolute Gasteiger partial charge is 0.460 e. The van der Waals surface area contributed by atoms with E-state index in [1.54, 1.807) is 6.92 Å². The van der Waals surface area contributed by atoms with E-state index in [1.807, 2.05) is 0 Å². The van der Waals surface area contributed by atoms with Crippen LogP contribution in [0.25, 0.3) is 0 Å². The second-order valence-corrected chi connectivity index (χ2v) is 7.00. The van der Waals surface area contributed by atoms with Crippen molar-refractivity contribution in [3.63, 3.8) is 0 Å². The van der Waals surface area contributed by atoms with Gasteiger partial charge < -0.3 is 15.0 Å². The Hall–Kier alpha value is -2.42. The van der Waals surface area contributed by atoms with Crippen molar-refractivity contribution in [1.82, 2.24) is 25.1 Å². The number of amides is 4. The van der Waals surface area contributed by atoms with Crippen molar-refractivity contribution in [3.05, 3.63) is 17.4 Å². The highest BCUT2D eigenvalue weighted by Gasteiger charge is 2.36. The molecule has 0 bridgehead atoms. The van der Waals surface area contributed by atoms with Crippen molar-refractivity contribution >= 4 is 29.4 Å². The standard InChI is InChI=1S/C17H22ClN5O4/c1-2-22-7-8-23(15(25)14(22)24)17(26)21-12-3-5-13(6-4-12)27-16-19-9-11(18)10-20-16/h9-10,12-13H,2-8H2,1H3,(H,21,26). The predicted molar refractivity (Wildman–Crippen MR) is 96.2 cm³/mol.